The summed E-state index contributed by atoms with van der Waals surface area (Å²) in [6, 6.07) is 23.8. The molecule has 0 saturated carbocycles. The van der Waals surface area contributed by atoms with Crippen LogP contribution in [0.25, 0.3) is 0 Å². The Morgan fingerprint density at radius 2 is 1.32 bits per heavy atom. The molecule has 0 amide bonds. The minimum Gasteiger partial charge on any atom is -0.415 e. The molecule has 1 heterocycles. The Bertz CT molecular complexity index is 793. The van der Waals surface area contributed by atoms with Crippen molar-refractivity contribution in [3.8, 4) is 0 Å². The smallest absolute Gasteiger partial charge is 0.192 e. The molecule has 2 aromatic carbocycles. The Labute approximate surface area is 193 Å². The maximum Gasteiger partial charge on any atom is 0.192 e. The molecule has 1 aliphatic rings. The molecular weight excluding hydrogens is 422 g/mol. The van der Waals surface area contributed by atoms with E-state index in [9.17, 15) is 0 Å². The predicted octanol–water partition coefficient (Wildman–Crippen LogP) is 5.48. The van der Waals surface area contributed by atoms with Crippen LogP contribution in [0, 0.1) is 0 Å². The maximum absolute atomic E-state index is 6.58. The van der Waals surface area contributed by atoms with Gasteiger partial charge >= 0.3 is 0 Å². The fourth-order valence-electron chi connectivity index (χ4n) is 4.07. The lowest BCUT2D eigenvalue weighted by molar-refractivity contribution is -0.0609. The van der Waals surface area contributed by atoms with Gasteiger partial charge in [-0.05, 0) is 29.3 Å². The molecule has 0 radical (unpaired) electrons. The molecule has 1 fully saturated rings. The van der Waals surface area contributed by atoms with Gasteiger partial charge in [-0.15, -0.1) is 0 Å². The number of rotatable bonds is 12. The van der Waals surface area contributed by atoms with Gasteiger partial charge in [-0.2, -0.15) is 0 Å². The molecule has 0 bridgehead atoms. The van der Waals surface area contributed by atoms with Crippen molar-refractivity contribution in [3.05, 3.63) is 71.8 Å². The van der Waals surface area contributed by atoms with E-state index in [2.05, 4.69) is 50.4 Å². The van der Waals surface area contributed by atoms with E-state index >= 15 is 0 Å². The first-order valence-corrected chi connectivity index (χ1v) is 14.3. The molecule has 31 heavy (non-hydrogen) atoms. The van der Waals surface area contributed by atoms with Gasteiger partial charge in [-0.3, -0.25) is 0 Å². The van der Waals surface area contributed by atoms with Crippen molar-refractivity contribution in [2.45, 2.75) is 70.4 Å². The Hall–Kier alpha value is -1.57. The van der Waals surface area contributed by atoms with Crippen LogP contribution in [0.3, 0.4) is 0 Å². The summed E-state index contributed by atoms with van der Waals surface area (Å²) in [5.41, 5.74) is 2.27. The summed E-state index contributed by atoms with van der Waals surface area (Å²) in [6.45, 7) is 8.38. The van der Waals surface area contributed by atoms with Gasteiger partial charge in [-0.1, -0.05) is 93.7 Å². The summed E-state index contributed by atoms with van der Waals surface area (Å²) in [5, 5.41) is 3.45. The quantitative estimate of drug-likeness (QED) is 0.338. The normalized spacial score (nSPS) is 21.3. The van der Waals surface area contributed by atoms with Gasteiger partial charge in [-0.25, -0.2) is 0 Å². The number of nitrogens with one attached hydrogen (secondary N) is 1. The van der Waals surface area contributed by atoms with Crippen molar-refractivity contribution >= 4 is 25.5 Å². The van der Waals surface area contributed by atoms with Gasteiger partial charge in [0.2, 0.25) is 0 Å². The third-order valence-corrected chi connectivity index (χ3v) is 11.3. The second kappa shape index (κ2) is 11.9. The Kier molecular flexibility index (Phi) is 9.23. The maximum atomic E-state index is 6.58. The lowest BCUT2D eigenvalue weighted by Crippen LogP contribution is -2.45. The molecule has 3 atom stereocenters. The summed E-state index contributed by atoms with van der Waals surface area (Å²) in [5.74, 6) is 0. The van der Waals surface area contributed by atoms with Gasteiger partial charge in [0, 0.05) is 0 Å². The Morgan fingerprint density at radius 3 is 1.84 bits per heavy atom. The summed E-state index contributed by atoms with van der Waals surface area (Å²) in [6.07, 6.45) is -0.470. The van der Waals surface area contributed by atoms with Crippen molar-refractivity contribution in [3.63, 3.8) is 0 Å². The van der Waals surface area contributed by atoms with Crippen LogP contribution < -0.4 is 5.32 Å². The van der Waals surface area contributed by atoms with E-state index in [1.165, 1.54) is 0 Å². The highest BCUT2D eigenvalue weighted by molar-refractivity contribution is 7.80. The topological polar surface area (TPSA) is 39.7 Å². The van der Waals surface area contributed by atoms with E-state index in [0.29, 0.717) is 24.8 Å². The van der Waals surface area contributed by atoms with Gasteiger partial charge in [0.25, 0.3) is 0 Å². The average Bonchev–Trinajstić information content (AvgIpc) is 3.13. The molecule has 3 unspecified atom stereocenters. The van der Waals surface area contributed by atoms with Gasteiger partial charge in [0.1, 0.15) is 17.2 Å². The zero-order valence-corrected chi connectivity index (χ0v) is 20.7. The Morgan fingerprint density at radius 1 is 0.806 bits per heavy atom. The molecule has 0 aliphatic carbocycles. The van der Waals surface area contributed by atoms with Gasteiger partial charge in [0.15, 0.2) is 8.32 Å². The molecule has 4 nitrogen and oxygen atoms in total. The number of hydrogen-bond donors (Lipinski definition) is 1. The highest BCUT2D eigenvalue weighted by Crippen LogP contribution is 2.26. The van der Waals surface area contributed by atoms with Crippen molar-refractivity contribution in [2.75, 3.05) is 6.61 Å². The van der Waals surface area contributed by atoms with Crippen molar-refractivity contribution in [1.82, 2.24) is 5.32 Å². The molecule has 0 aromatic heterocycles. The van der Waals surface area contributed by atoms with Crippen LogP contribution in [0.5, 0.6) is 0 Å². The average molecular weight is 458 g/mol. The molecular formula is C25H35NO3SSi. The summed E-state index contributed by atoms with van der Waals surface area (Å²) < 4.78 is 19.3. The van der Waals surface area contributed by atoms with E-state index in [-0.39, 0.29) is 18.2 Å². The van der Waals surface area contributed by atoms with Gasteiger partial charge < -0.3 is 19.2 Å². The number of hydrogen-bond acceptors (Lipinski definition) is 4. The first-order chi connectivity index (χ1) is 15.1. The number of benzene rings is 2. The second-order valence-electron chi connectivity index (χ2n) is 8.15. The summed E-state index contributed by atoms with van der Waals surface area (Å²) in [7, 11) is -1.70. The molecule has 1 aliphatic heterocycles. The number of ether oxygens (including phenoxy) is 2. The zero-order valence-electron chi connectivity index (χ0n) is 18.9. The molecule has 1 saturated heterocycles. The van der Waals surface area contributed by atoms with Crippen molar-refractivity contribution in [1.29, 1.82) is 0 Å². The van der Waals surface area contributed by atoms with Crippen LogP contribution in [0.4, 0.5) is 0 Å². The summed E-state index contributed by atoms with van der Waals surface area (Å²) in [4.78, 5) is 0.708. The monoisotopic (exact) mass is 457 g/mol. The van der Waals surface area contributed by atoms with Gasteiger partial charge in [0.05, 0.1) is 25.9 Å². The standard InChI is InChI=1S/C25H35NO3SSi/c1-4-31(5-2,6-3)29-19-22-23(27-17-20-13-9-7-10-14-20)24(25(30)26-22)28-18-21-15-11-8-12-16-21/h7-16,22-24H,4-6,17-19H2,1-3H3,(H,26,30). The van der Waals surface area contributed by atoms with E-state index in [4.69, 9.17) is 26.1 Å². The molecule has 2 aromatic rings. The highest BCUT2D eigenvalue weighted by atomic mass is 32.1. The van der Waals surface area contributed by atoms with Crippen molar-refractivity contribution in [2.24, 2.45) is 0 Å². The minimum atomic E-state index is -1.70. The molecule has 3 rings (SSSR count). The molecule has 1 N–H and O–H groups in total. The highest BCUT2D eigenvalue weighted by Gasteiger charge is 2.43. The first-order valence-electron chi connectivity index (χ1n) is 11.4. The van der Waals surface area contributed by atoms with Crippen LogP contribution in [0.15, 0.2) is 60.7 Å². The lowest BCUT2D eigenvalue weighted by Gasteiger charge is -2.31. The Balaban J connectivity index is 1.70. The van der Waals surface area contributed by atoms with E-state index < -0.39 is 8.32 Å². The van der Waals surface area contributed by atoms with E-state index in [0.717, 1.165) is 29.3 Å². The molecule has 0 spiro atoms. The third-order valence-electron chi connectivity index (χ3n) is 6.34. The fourth-order valence-corrected chi connectivity index (χ4v) is 7.07. The fraction of sp³-hybridized carbons (Fsp3) is 0.480. The second-order valence-corrected chi connectivity index (χ2v) is 13.4. The first kappa shape index (κ1) is 24.1. The van der Waals surface area contributed by atoms with Crippen LogP contribution in [0.1, 0.15) is 31.9 Å². The van der Waals surface area contributed by atoms with E-state index in [1.807, 2.05) is 36.4 Å². The largest absolute Gasteiger partial charge is 0.415 e. The predicted molar refractivity (Wildman–Crippen MR) is 133 cm³/mol. The van der Waals surface area contributed by atoms with Crippen molar-refractivity contribution < 1.29 is 13.9 Å². The van der Waals surface area contributed by atoms with Crippen LogP contribution in [-0.4, -0.2) is 38.2 Å². The van der Waals surface area contributed by atoms with E-state index in [1.54, 1.807) is 0 Å². The van der Waals surface area contributed by atoms with Crippen LogP contribution >= 0.6 is 12.2 Å². The minimum absolute atomic E-state index is 0.00601. The third kappa shape index (κ3) is 6.46. The molecule has 6 heteroatoms. The summed E-state index contributed by atoms with van der Waals surface area (Å²) >= 11 is 5.67. The number of thiocarbonyl (C=S) groups is 1. The molecule has 168 valence electrons. The van der Waals surface area contributed by atoms with Crippen LogP contribution in [-0.2, 0) is 27.1 Å². The SMILES string of the molecule is CC[Si](CC)(CC)OCC1NC(=S)C(OCc2ccccc2)C1OCc1ccccc1. The van der Waals surface area contributed by atoms with Crippen LogP contribution in [0.2, 0.25) is 18.1 Å². The lowest BCUT2D eigenvalue weighted by atomic mass is 10.1. The zero-order chi connectivity index (χ0) is 22.1.